The van der Waals surface area contributed by atoms with E-state index in [9.17, 15) is 0 Å². The van der Waals surface area contributed by atoms with Gasteiger partial charge in [-0.15, -0.1) is 0 Å². The van der Waals surface area contributed by atoms with Crippen molar-refractivity contribution in [2.75, 3.05) is 19.6 Å². The molecule has 2 atom stereocenters. The lowest BCUT2D eigenvalue weighted by Gasteiger charge is -2.39. The van der Waals surface area contributed by atoms with Crippen LogP contribution in [0.3, 0.4) is 0 Å². The topological polar surface area (TPSA) is 15.3 Å². The molecule has 0 aromatic heterocycles. The van der Waals surface area contributed by atoms with Gasteiger partial charge in [0.05, 0.1) is 0 Å². The van der Waals surface area contributed by atoms with E-state index in [1.165, 1.54) is 38.9 Å². The van der Waals surface area contributed by atoms with Crippen molar-refractivity contribution >= 4 is 0 Å². The van der Waals surface area contributed by atoms with E-state index >= 15 is 0 Å². The Hall–Kier alpha value is -0.0800. The van der Waals surface area contributed by atoms with Gasteiger partial charge in [-0.2, -0.15) is 0 Å². The van der Waals surface area contributed by atoms with Crippen LogP contribution >= 0.6 is 0 Å². The van der Waals surface area contributed by atoms with Crippen LogP contribution in [0.1, 0.15) is 33.1 Å². The average molecular weight is 182 g/mol. The summed E-state index contributed by atoms with van der Waals surface area (Å²) in [6.45, 7) is 8.46. The maximum atomic E-state index is 3.57. The lowest BCUT2D eigenvalue weighted by Crippen LogP contribution is -2.54. The summed E-state index contributed by atoms with van der Waals surface area (Å²) in [4.78, 5) is 2.75. The highest BCUT2D eigenvalue weighted by molar-refractivity contribution is 4.91. The van der Waals surface area contributed by atoms with Crippen LogP contribution in [0.5, 0.6) is 0 Å². The van der Waals surface area contributed by atoms with Gasteiger partial charge in [-0.25, -0.2) is 0 Å². The first-order valence-electron chi connectivity index (χ1n) is 5.74. The molecule has 0 radical (unpaired) electrons. The van der Waals surface area contributed by atoms with Crippen molar-refractivity contribution in [2.24, 2.45) is 5.92 Å². The normalized spacial score (nSPS) is 35.3. The smallest absolute Gasteiger partial charge is 0.0226 e. The van der Waals surface area contributed by atoms with Gasteiger partial charge in [0.25, 0.3) is 0 Å². The molecule has 2 heteroatoms. The van der Waals surface area contributed by atoms with Gasteiger partial charge in [-0.3, -0.25) is 4.90 Å². The minimum Gasteiger partial charge on any atom is -0.314 e. The van der Waals surface area contributed by atoms with Crippen LogP contribution in [-0.4, -0.2) is 36.6 Å². The molecule has 2 saturated heterocycles. The molecule has 0 amide bonds. The highest BCUT2D eigenvalue weighted by Crippen LogP contribution is 2.25. The number of nitrogens with one attached hydrogen (secondary N) is 1. The summed E-state index contributed by atoms with van der Waals surface area (Å²) in [6, 6.07) is 1.68. The van der Waals surface area contributed by atoms with E-state index in [2.05, 4.69) is 24.1 Å². The van der Waals surface area contributed by atoms with E-state index in [1.54, 1.807) is 0 Å². The van der Waals surface area contributed by atoms with E-state index < -0.39 is 0 Å². The summed E-state index contributed by atoms with van der Waals surface area (Å²) in [5.74, 6) is 0.839. The van der Waals surface area contributed by atoms with Crippen LogP contribution in [0, 0.1) is 5.92 Å². The molecule has 0 aromatic rings. The Morgan fingerprint density at radius 2 is 2.23 bits per heavy atom. The van der Waals surface area contributed by atoms with Gasteiger partial charge < -0.3 is 5.32 Å². The maximum Gasteiger partial charge on any atom is 0.0226 e. The molecule has 0 bridgehead atoms. The average Bonchev–Trinajstić information content (AvgIpc) is 2.51. The third-order valence-corrected chi connectivity index (χ3v) is 3.40. The second-order valence-corrected chi connectivity index (χ2v) is 4.98. The van der Waals surface area contributed by atoms with Crippen molar-refractivity contribution in [2.45, 2.75) is 45.2 Å². The van der Waals surface area contributed by atoms with Crippen LogP contribution in [0.2, 0.25) is 0 Å². The SMILES string of the molecule is CC(C)CC1CNCC2CCCN21. The molecule has 2 unspecified atom stereocenters. The van der Waals surface area contributed by atoms with Gasteiger partial charge in [0.15, 0.2) is 0 Å². The molecule has 2 aliphatic heterocycles. The highest BCUT2D eigenvalue weighted by atomic mass is 15.3. The second-order valence-electron chi connectivity index (χ2n) is 4.98. The standard InChI is InChI=1S/C11H22N2/c1-9(2)6-11-8-12-7-10-4-3-5-13(10)11/h9-12H,3-8H2,1-2H3. The number of fused-ring (bicyclic) bond motifs is 1. The van der Waals surface area contributed by atoms with Gasteiger partial charge in [-0.1, -0.05) is 13.8 Å². The lowest BCUT2D eigenvalue weighted by atomic mass is 9.99. The van der Waals surface area contributed by atoms with Crippen molar-refractivity contribution in [3.63, 3.8) is 0 Å². The first kappa shape index (κ1) is 9.47. The van der Waals surface area contributed by atoms with E-state index in [1.807, 2.05) is 0 Å². The van der Waals surface area contributed by atoms with Gasteiger partial charge >= 0.3 is 0 Å². The zero-order valence-electron chi connectivity index (χ0n) is 8.92. The minimum absolute atomic E-state index is 0.821. The number of hydrogen-bond donors (Lipinski definition) is 1. The summed E-state index contributed by atoms with van der Waals surface area (Å²) in [7, 11) is 0. The molecule has 76 valence electrons. The summed E-state index contributed by atoms with van der Waals surface area (Å²) in [5, 5.41) is 3.57. The quantitative estimate of drug-likeness (QED) is 0.695. The summed E-state index contributed by atoms with van der Waals surface area (Å²) in [5.41, 5.74) is 0. The molecule has 0 saturated carbocycles. The van der Waals surface area contributed by atoms with Crippen molar-refractivity contribution in [1.82, 2.24) is 10.2 Å². The molecule has 13 heavy (non-hydrogen) atoms. The largest absolute Gasteiger partial charge is 0.314 e. The van der Waals surface area contributed by atoms with Gasteiger partial charge in [0, 0.05) is 25.2 Å². The predicted octanol–water partition coefficient (Wildman–Crippen LogP) is 1.47. The van der Waals surface area contributed by atoms with E-state index in [-0.39, 0.29) is 0 Å². The number of rotatable bonds is 2. The van der Waals surface area contributed by atoms with Crippen LogP contribution in [0.25, 0.3) is 0 Å². The molecule has 2 fully saturated rings. The van der Waals surface area contributed by atoms with Crippen LogP contribution < -0.4 is 5.32 Å². The summed E-state index contributed by atoms with van der Waals surface area (Å²) >= 11 is 0. The molecule has 0 aliphatic carbocycles. The molecule has 2 rings (SSSR count). The number of hydrogen-bond acceptors (Lipinski definition) is 2. The van der Waals surface area contributed by atoms with E-state index in [0.717, 1.165) is 18.0 Å². The van der Waals surface area contributed by atoms with E-state index in [0.29, 0.717) is 0 Å². The van der Waals surface area contributed by atoms with Crippen molar-refractivity contribution < 1.29 is 0 Å². The Morgan fingerprint density at radius 1 is 1.38 bits per heavy atom. The fraction of sp³-hybridized carbons (Fsp3) is 1.00. The fourth-order valence-corrected chi connectivity index (χ4v) is 2.85. The summed E-state index contributed by atoms with van der Waals surface area (Å²) < 4.78 is 0. The third-order valence-electron chi connectivity index (χ3n) is 3.40. The Bertz CT molecular complexity index is 167. The minimum atomic E-state index is 0.821. The monoisotopic (exact) mass is 182 g/mol. The third kappa shape index (κ3) is 2.05. The highest BCUT2D eigenvalue weighted by Gasteiger charge is 2.33. The molecule has 2 nitrogen and oxygen atoms in total. The van der Waals surface area contributed by atoms with Crippen molar-refractivity contribution in [3.8, 4) is 0 Å². The Kier molecular flexibility index (Phi) is 2.89. The second kappa shape index (κ2) is 3.97. The predicted molar refractivity (Wildman–Crippen MR) is 55.8 cm³/mol. The van der Waals surface area contributed by atoms with Crippen molar-refractivity contribution in [1.29, 1.82) is 0 Å². The first-order valence-corrected chi connectivity index (χ1v) is 5.74. The fourth-order valence-electron chi connectivity index (χ4n) is 2.85. The molecular weight excluding hydrogens is 160 g/mol. The molecule has 0 aromatic carbocycles. The molecule has 2 aliphatic rings. The first-order chi connectivity index (χ1) is 6.27. The van der Waals surface area contributed by atoms with Gasteiger partial charge in [-0.05, 0) is 31.7 Å². The maximum absolute atomic E-state index is 3.57. The Labute approximate surface area is 81.7 Å². The molecule has 2 heterocycles. The lowest BCUT2D eigenvalue weighted by molar-refractivity contribution is 0.121. The van der Waals surface area contributed by atoms with Crippen LogP contribution in [0.4, 0.5) is 0 Å². The number of nitrogens with zero attached hydrogens (tertiary/aromatic N) is 1. The zero-order valence-corrected chi connectivity index (χ0v) is 8.92. The van der Waals surface area contributed by atoms with Crippen LogP contribution in [-0.2, 0) is 0 Å². The van der Waals surface area contributed by atoms with Crippen LogP contribution in [0.15, 0.2) is 0 Å². The van der Waals surface area contributed by atoms with Gasteiger partial charge in [0.1, 0.15) is 0 Å². The Balaban J connectivity index is 1.93. The zero-order chi connectivity index (χ0) is 9.26. The summed E-state index contributed by atoms with van der Waals surface area (Å²) in [6.07, 6.45) is 4.20. The number of piperazine rings is 1. The van der Waals surface area contributed by atoms with E-state index in [4.69, 9.17) is 0 Å². The van der Waals surface area contributed by atoms with Crippen molar-refractivity contribution in [3.05, 3.63) is 0 Å². The van der Waals surface area contributed by atoms with Gasteiger partial charge in [0.2, 0.25) is 0 Å². The Morgan fingerprint density at radius 3 is 3.00 bits per heavy atom. The molecular formula is C11H22N2. The molecule has 1 N–H and O–H groups in total. The molecule has 0 spiro atoms.